The van der Waals surface area contributed by atoms with E-state index in [9.17, 15) is 0 Å². The summed E-state index contributed by atoms with van der Waals surface area (Å²) in [5.41, 5.74) is 3.62. The number of rotatable bonds is 6. The zero-order valence-corrected chi connectivity index (χ0v) is 15.2. The van der Waals surface area contributed by atoms with Crippen molar-refractivity contribution < 1.29 is 0 Å². The van der Waals surface area contributed by atoms with Gasteiger partial charge in [0.05, 0.1) is 5.70 Å². The van der Waals surface area contributed by atoms with Crippen molar-refractivity contribution in [2.24, 2.45) is 15.8 Å². The lowest BCUT2D eigenvalue weighted by atomic mass is 9.86. The number of nitrogens with zero attached hydrogens (tertiary/aromatic N) is 1. The summed E-state index contributed by atoms with van der Waals surface area (Å²) >= 11 is 0. The quantitative estimate of drug-likeness (QED) is 0.395. The van der Waals surface area contributed by atoms with E-state index in [-0.39, 0.29) is 10.8 Å². The Morgan fingerprint density at radius 1 is 0.773 bits per heavy atom. The van der Waals surface area contributed by atoms with E-state index in [1.54, 1.807) is 12.2 Å². The van der Waals surface area contributed by atoms with Crippen molar-refractivity contribution in [1.29, 1.82) is 0 Å². The summed E-state index contributed by atoms with van der Waals surface area (Å²) in [6.45, 7) is 28.4. The molecule has 0 unspecified atom stereocenters. The molecule has 0 aromatic carbocycles. The molecule has 0 aliphatic heterocycles. The first-order valence-electron chi connectivity index (χ1n) is 7.55. The molecule has 0 radical (unpaired) electrons. The highest BCUT2D eigenvalue weighted by atomic mass is 14.8. The van der Waals surface area contributed by atoms with Crippen molar-refractivity contribution in [3.63, 3.8) is 0 Å². The third-order valence-electron chi connectivity index (χ3n) is 3.28. The van der Waals surface area contributed by atoms with Crippen LogP contribution in [0, 0.1) is 10.8 Å². The van der Waals surface area contributed by atoms with Crippen molar-refractivity contribution in [2.45, 2.75) is 41.5 Å². The molecule has 0 bridgehead atoms. The molecule has 0 amide bonds. The van der Waals surface area contributed by atoms with Crippen LogP contribution in [-0.2, 0) is 0 Å². The van der Waals surface area contributed by atoms with Crippen LogP contribution >= 0.6 is 0 Å². The maximum atomic E-state index is 4.73. The van der Waals surface area contributed by atoms with Gasteiger partial charge in [0.2, 0.25) is 0 Å². The van der Waals surface area contributed by atoms with Crippen LogP contribution in [-0.4, -0.2) is 5.71 Å². The molecule has 0 heterocycles. The van der Waals surface area contributed by atoms with Crippen LogP contribution < -0.4 is 0 Å². The Morgan fingerprint density at radius 2 is 1.32 bits per heavy atom. The molecule has 0 saturated carbocycles. The molecule has 0 fully saturated rings. The molecule has 1 nitrogen and oxygen atoms in total. The molecule has 0 atom stereocenters. The van der Waals surface area contributed by atoms with Gasteiger partial charge in [0.1, 0.15) is 0 Å². The lowest BCUT2D eigenvalue weighted by Crippen LogP contribution is -2.18. The minimum Gasteiger partial charge on any atom is -0.252 e. The Balaban J connectivity index is 6.02. The molecule has 0 N–H and O–H groups in total. The number of hydrogen-bond donors (Lipinski definition) is 0. The first kappa shape index (κ1) is 20.1. The fourth-order valence-electron chi connectivity index (χ4n) is 1.76. The van der Waals surface area contributed by atoms with E-state index in [0.29, 0.717) is 0 Å². The summed E-state index contributed by atoms with van der Waals surface area (Å²) in [7, 11) is 0. The van der Waals surface area contributed by atoms with Crippen molar-refractivity contribution in [3.05, 3.63) is 73.5 Å². The third-order valence-corrected chi connectivity index (χ3v) is 3.28. The minimum absolute atomic E-state index is 0.0356. The van der Waals surface area contributed by atoms with Crippen molar-refractivity contribution >= 4 is 5.71 Å². The molecule has 0 aromatic rings. The van der Waals surface area contributed by atoms with Gasteiger partial charge in [-0.15, -0.1) is 0 Å². The summed E-state index contributed by atoms with van der Waals surface area (Å²) in [6.07, 6.45) is 9.42. The summed E-state index contributed by atoms with van der Waals surface area (Å²) in [5, 5.41) is 0. The fourth-order valence-corrected chi connectivity index (χ4v) is 1.76. The van der Waals surface area contributed by atoms with Gasteiger partial charge in [-0.3, -0.25) is 4.99 Å². The van der Waals surface area contributed by atoms with E-state index < -0.39 is 0 Å². The predicted octanol–water partition coefficient (Wildman–Crippen LogP) is 6.44. The molecule has 120 valence electrons. The SMILES string of the molecule is C=CC(=C)/C(=C\C=C(/C=C)C(C)(C)C)N=C(C=C)C(C)(C)C. The van der Waals surface area contributed by atoms with Crippen molar-refractivity contribution in [2.75, 3.05) is 0 Å². The fraction of sp³-hybridized carbons (Fsp3) is 0.381. The van der Waals surface area contributed by atoms with Crippen molar-refractivity contribution in [1.82, 2.24) is 0 Å². The molecule has 22 heavy (non-hydrogen) atoms. The summed E-state index contributed by atoms with van der Waals surface area (Å²) in [4.78, 5) is 4.73. The van der Waals surface area contributed by atoms with Crippen LogP contribution in [0.5, 0.6) is 0 Å². The summed E-state index contributed by atoms with van der Waals surface area (Å²) < 4.78 is 0. The highest BCUT2D eigenvalue weighted by molar-refractivity contribution is 5.99. The second-order valence-corrected chi connectivity index (χ2v) is 7.31. The van der Waals surface area contributed by atoms with E-state index >= 15 is 0 Å². The lowest BCUT2D eigenvalue weighted by Gasteiger charge is -2.20. The predicted molar refractivity (Wildman–Crippen MR) is 102 cm³/mol. The molecule has 1 heteroatoms. The van der Waals surface area contributed by atoms with Crippen LogP contribution in [0.4, 0.5) is 0 Å². The van der Waals surface area contributed by atoms with Crippen LogP contribution in [0.25, 0.3) is 0 Å². The number of allylic oxidation sites excluding steroid dienone is 6. The van der Waals surface area contributed by atoms with E-state index in [0.717, 1.165) is 22.6 Å². The Morgan fingerprint density at radius 3 is 1.64 bits per heavy atom. The zero-order valence-electron chi connectivity index (χ0n) is 15.2. The average molecular weight is 297 g/mol. The minimum atomic E-state index is -0.0721. The average Bonchev–Trinajstić information content (AvgIpc) is 2.38. The van der Waals surface area contributed by atoms with Gasteiger partial charge < -0.3 is 0 Å². The van der Waals surface area contributed by atoms with Crippen LogP contribution in [0.15, 0.2) is 78.5 Å². The molecule has 0 aromatic heterocycles. The standard InChI is InChI=1S/C21H31N/c1-11-16(4)18(22-19(13-3)21(8,9)10)15-14-17(12-2)20(5,6)7/h11-15H,1-4H2,5-10H3/b17-14+,18-15+,22-19?. The zero-order chi connectivity index (χ0) is 17.6. The first-order chi connectivity index (χ1) is 9.97. The van der Waals surface area contributed by atoms with Gasteiger partial charge in [0, 0.05) is 11.1 Å². The van der Waals surface area contributed by atoms with E-state index in [1.165, 1.54) is 0 Å². The van der Waals surface area contributed by atoms with E-state index in [2.05, 4.69) is 67.9 Å². The molecule has 0 aliphatic carbocycles. The largest absolute Gasteiger partial charge is 0.252 e. The summed E-state index contributed by atoms with van der Waals surface area (Å²) in [6, 6.07) is 0. The Kier molecular flexibility index (Phi) is 7.25. The van der Waals surface area contributed by atoms with Gasteiger partial charge in [0.15, 0.2) is 0 Å². The van der Waals surface area contributed by atoms with Gasteiger partial charge >= 0.3 is 0 Å². The van der Waals surface area contributed by atoms with Gasteiger partial charge in [-0.1, -0.05) is 86.1 Å². The van der Waals surface area contributed by atoms with E-state index in [4.69, 9.17) is 4.99 Å². The van der Waals surface area contributed by atoms with E-state index in [1.807, 2.05) is 18.2 Å². The maximum absolute atomic E-state index is 4.73. The van der Waals surface area contributed by atoms with Crippen LogP contribution in [0.3, 0.4) is 0 Å². The van der Waals surface area contributed by atoms with Crippen molar-refractivity contribution in [3.8, 4) is 0 Å². The molecule has 0 aliphatic rings. The molecule has 0 spiro atoms. The monoisotopic (exact) mass is 297 g/mol. The summed E-state index contributed by atoms with van der Waals surface area (Å²) in [5.74, 6) is 0. The lowest BCUT2D eigenvalue weighted by molar-refractivity contribution is 0.517. The number of hydrogen-bond acceptors (Lipinski definition) is 1. The topological polar surface area (TPSA) is 12.4 Å². The van der Waals surface area contributed by atoms with Crippen LogP contribution in [0.1, 0.15) is 41.5 Å². The Hall–Kier alpha value is -1.89. The van der Waals surface area contributed by atoms with Gasteiger partial charge in [0.25, 0.3) is 0 Å². The Labute approximate surface area is 137 Å². The van der Waals surface area contributed by atoms with Gasteiger partial charge in [-0.2, -0.15) is 0 Å². The number of aliphatic imine (C=N–C) groups is 1. The molecule has 0 rings (SSSR count). The van der Waals surface area contributed by atoms with Crippen LogP contribution in [0.2, 0.25) is 0 Å². The molecular weight excluding hydrogens is 266 g/mol. The highest BCUT2D eigenvalue weighted by Crippen LogP contribution is 2.27. The highest BCUT2D eigenvalue weighted by Gasteiger charge is 2.17. The Bertz CT molecular complexity index is 537. The third kappa shape index (κ3) is 6.26. The first-order valence-corrected chi connectivity index (χ1v) is 7.55. The molecular formula is C21H31N. The van der Waals surface area contributed by atoms with Gasteiger partial charge in [-0.25, -0.2) is 0 Å². The normalized spacial score (nSPS) is 14.5. The smallest absolute Gasteiger partial charge is 0.0699 e. The van der Waals surface area contributed by atoms with Gasteiger partial charge in [-0.05, 0) is 28.7 Å². The second kappa shape index (κ2) is 7.93. The second-order valence-electron chi connectivity index (χ2n) is 7.31. The molecule has 0 saturated heterocycles. The maximum Gasteiger partial charge on any atom is 0.0699 e.